The lowest BCUT2D eigenvalue weighted by Gasteiger charge is -2.34. The van der Waals surface area contributed by atoms with Gasteiger partial charge in [0.2, 0.25) is 0 Å². The molecule has 1 aromatic heterocycles. The predicted octanol–water partition coefficient (Wildman–Crippen LogP) is 3.97. The van der Waals surface area contributed by atoms with Crippen molar-refractivity contribution in [1.82, 2.24) is 9.80 Å². The van der Waals surface area contributed by atoms with Crippen LogP contribution in [0.1, 0.15) is 40.6 Å². The van der Waals surface area contributed by atoms with E-state index in [1.165, 1.54) is 17.0 Å². The number of carbonyl (C=O) groups excluding carboxylic acids is 1. The molecule has 1 aromatic carbocycles. The third-order valence-corrected chi connectivity index (χ3v) is 5.65. The van der Waals surface area contributed by atoms with Gasteiger partial charge in [-0.1, -0.05) is 26.0 Å². The largest absolute Gasteiger partial charge is 0.336 e. The number of halogens is 1. The maximum absolute atomic E-state index is 13.0. The Balaban J connectivity index is 1.54. The van der Waals surface area contributed by atoms with Crippen molar-refractivity contribution in [3.8, 4) is 0 Å². The highest BCUT2D eigenvalue weighted by molar-refractivity contribution is 7.10. The molecule has 3 nitrogen and oxygen atoms in total. The number of hydrogen-bond donors (Lipinski definition) is 0. The molecule has 1 aliphatic heterocycles. The Bertz CT molecular complexity index is 688. The van der Waals surface area contributed by atoms with Crippen molar-refractivity contribution >= 4 is 17.2 Å². The first-order valence-corrected chi connectivity index (χ1v) is 9.25. The number of rotatable bonds is 4. The van der Waals surface area contributed by atoms with E-state index in [0.29, 0.717) is 5.92 Å². The van der Waals surface area contributed by atoms with E-state index >= 15 is 0 Å². The van der Waals surface area contributed by atoms with Gasteiger partial charge < -0.3 is 4.90 Å². The Morgan fingerprint density at radius 2 is 1.83 bits per heavy atom. The molecule has 3 rings (SSSR count). The molecular formula is C19H23FN2OS. The summed E-state index contributed by atoms with van der Waals surface area (Å²) in [6.45, 7) is 8.29. The summed E-state index contributed by atoms with van der Waals surface area (Å²) in [5.41, 5.74) is 1.92. The first-order valence-electron chi connectivity index (χ1n) is 8.37. The summed E-state index contributed by atoms with van der Waals surface area (Å²) in [6, 6.07) is 8.68. The van der Waals surface area contributed by atoms with E-state index in [2.05, 4.69) is 18.7 Å². The van der Waals surface area contributed by atoms with Crippen LogP contribution in [0.4, 0.5) is 4.39 Å². The lowest BCUT2D eigenvalue weighted by molar-refractivity contribution is 0.0629. The number of nitrogens with zero attached hydrogens (tertiary/aromatic N) is 2. The molecule has 24 heavy (non-hydrogen) atoms. The van der Waals surface area contributed by atoms with Crippen molar-refractivity contribution < 1.29 is 9.18 Å². The van der Waals surface area contributed by atoms with Gasteiger partial charge in [0.15, 0.2) is 0 Å². The summed E-state index contributed by atoms with van der Waals surface area (Å²) in [6.07, 6.45) is 0. The number of benzene rings is 1. The second-order valence-electron chi connectivity index (χ2n) is 6.59. The van der Waals surface area contributed by atoms with Gasteiger partial charge in [0, 0.05) is 43.0 Å². The van der Waals surface area contributed by atoms with Crippen LogP contribution in [0, 0.1) is 5.82 Å². The Kier molecular flexibility index (Phi) is 5.31. The van der Waals surface area contributed by atoms with Crippen LogP contribution < -0.4 is 0 Å². The topological polar surface area (TPSA) is 23.6 Å². The fourth-order valence-electron chi connectivity index (χ4n) is 2.91. The third kappa shape index (κ3) is 4.02. The average molecular weight is 346 g/mol. The summed E-state index contributed by atoms with van der Waals surface area (Å²) < 4.78 is 13.0. The monoisotopic (exact) mass is 346 g/mol. The first kappa shape index (κ1) is 17.1. The molecule has 0 spiro atoms. The Morgan fingerprint density at radius 1 is 1.17 bits per heavy atom. The van der Waals surface area contributed by atoms with Gasteiger partial charge in [-0.3, -0.25) is 9.69 Å². The zero-order chi connectivity index (χ0) is 17.1. The number of hydrogen-bond acceptors (Lipinski definition) is 3. The molecule has 1 fully saturated rings. The molecule has 0 atom stereocenters. The van der Waals surface area contributed by atoms with Gasteiger partial charge in [0.05, 0.1) is 5.56 Å². The first-order chi connectivity index (χ1) is 11.5. The zero-order valence-corrected chi connectivity index (χ0v) is 15.0. The van der Waals surface area contributed by atoms with Crippen LogP contribution in [0.15, 0.2) is 35.7 Å². The second-order valence-corrected chi connectivity index (χ2v) is 7.53. The smallest absolute Gasteiger partial charge is 0.254 e. The molecule has 0 aliphatic carbocycles. The van der Waals surface area contributed by atoms with Gasteiger partial charge in [-0.05, 0) is 29.7 Å². The van der Waals surface area contributed by atoms with Gasteiger partial charge in [0.25, 0.3) is 5.91 Å². The third-order valence-electron chi connectivity index (χ3n) is 4.41. The highest BCUT2D eigenvalue weighted by atomic mass is 32.1. The van der Waals surface area contributed by atoms with Crippen LogP contribution in [0.2, 0.25) is 0 Å². The normalized spacial score (nSPS) is 15.9. The molecule has 0 unspecified atom stereocenters. The summed E-state index contributed by atoms with van der Waals surface area (Å²) in [7, 11) is 0. The van der Waals surface area contributed by atoms with E-state index in [1.807, 2.05) is 28.5 Å². The number of thiophene rings is 1. The minimum atomic E-state index is -0.203. The molecule has 0 N–H and O–H groups in total. The zero-order valence-electron chi connectivity index (χ0n) is 14.2. The summed E-state index contributed by atoms with van der Waals surface area (Å²) in [5, 5.41) is 1.97. The maximum atomic E-state index is 13.0. The van der Waals surface area contributed by atoms with Crippen LogP contribution >= 0.6 is 11.3 Å². The second kappa shape index (κ2) is 7.45. The molecular weight excluding hydrogens is 323 g/mol. The van der Waals surface area contributed by atoms with Gasteiger partial charge in [-0.15, -0.1) is 11.3 Å². The van der Waals surface area contributed by atoms with Crippen molar-refractivity contribution in [3.05, 3.63) is 57.5 Å². The van der Waals surface area contributed by atoms with Gasteiger partial charge in [-0.25, -0.2) is 4.39 Å². The van der Waals surface area contributed by atoms with Crippen LogP contribution in [-0.2, 0) is 6.54 Å². The van der Waals surface area contributed by atoms with E-state index in [4.69, 9.17) is 0 Å². The van der Waals surface area contributed by atoms with E-state index < -0.39 is 0 Å². The lowest BCUT2D eigenvalue weighted by Crippen LogP contribution is -2.48. The summed E-state index contributed by atoms with van der Waals surface area (Å²) in [5.74, 6) is 0.398. The lowest BCUT2D eigenvalue weighted by atomic mass is 10.1. The fourth-order valence-corrected chi connectivity index (χ4v) is 3.81. The molecule has 2 heterocycles. The molecule has 1 aliphatic rings. The van der Waals surface area contributed by atoms with E-state index in [9.17, 15) is 9.18 Å². The number of amides is 1. The van der Waals surface area contributed by atoms with E-state index in [-0.39, 0.29) is 11.7 Å². The summed E-state index contributed by atoms with van der Waals surface area (Å²) in [4.78, 5) is 18.1. The molecule has 1 saturated heterocycles. The Labute approximate surface area is 146 Å². The van der Waals surface area contributed by atoms with Gasteiger partial charge in [-0.2, -0.15) is 0 Å². The van der Waals surface area contributed by atoms with Crippen molar-refractivity contribution in [2.24, 2.45) is 0 Å². The van der Waals surface area contributed by atoms with Crippen molar-refractivity contribution in [2.45, 2.75) is 26.3 Å². The Morgan fingerprint density at radius 3 is 2.42 bits per heavy atom. The molecule has 2 aromatic rings. The van der Waals surface area contributed by atoms with Crippen molar-refractivity contribution in [1.29, 1.82) is 0 Å². The fraction of sp³-hybridized carbons (Fsp3) is 0.421. The van der Waals surface area contributed by atoms with Crippen LogP contribution in [0.25, 0.3) is 0 Å². The molecule has 1 amide bonds. The minimum Gasteiger partial charge on any atom is -0.336 e. The quantitative estimate of drug-likeness (QED) is 0.836. The SMILES string of the molecule is CC(C)c1cc(C(=O)N2CCN(Cc3ccc(F)cc3)CC2)cs1. The van der Waals surface area contributed by atoms with Crippen LogP contribution in [0.3, 0.4) is 0 Å². The van der Waals surface area contributed by atoms with Crippen molar-refractivity contribution in [3.63, 3.8) is 0 Å². The molecule has 0 saturated carbocycles. The molecule has 128 valence electrons. The highest BCUT2D eigenvalue weighted by Gasteiger charge is 2.23. The molecule has 5 heteroatoms. The standard InChI is InChI=1S/C19H23FN2OS/c1-14(2)18-11-16(13-24-18)19(23)22-9-7-21(8-10-22)12-15-3-5-17(20)6-4-15/h3-6,11,13-14H,7-10,12H2,1-2H3. The van der Waals surface area contributed by atoms with Crippen molar-refractivity contribution in [2.75, 3.05) is 26.2 Å². The van der Waals surface area contributed by atoms with Gasteiger partial charge in [0.1, 0.15) is 5.82 Å². The average Bonchev–Trinajstić information content (AvgIpc) is 3.07. The van der Waals surface area contributed by atoms with E-state index in [0.717, 1.165) is 43.9 Å². The highest BCUT2D eigenvalue weighted by Crippen LogP contribution is 2.24. The summed E-state index contributed by atoms with van der Waals surface area (Å²) >= 11 is 1.66. The predicted molar refractivity (Wildman–Crippen MR) is 96.0 cm³/mol. The van der Waals surface area contributed by atoms with Gasteiger partial charge >= 0.3 is 0 Å². The molecule has 0 bridgehead atoms. The van der Waals surface area contributed by atoms with E-state index in [1.54, 1.807) is 11.3 Å². The maximum Gasteiger partial charge on any atom is 0.254 e. The van der Waals surface area contributed by atoms with Crippen LogP contribution in [0.5, 0.6) is 0 Å². The van der Waals surface area contributed by atoms with Crippen LogP contribution in [-0.4, -0.2) is 41.9 Å². The molecule has 0 radical (unpaired) electrons. The number of carbonyl (C=O) groups is 1. The minimum absolute atomic E-state index is 0.139. The Hall–Kier alpha value is -1.72. The number of piperazine rings is 1.